The molecule has 11 aromatic rings. The molecule has 7 aromatic carbocycles. The summed E-state index contributed by atoms with van der Waals surface area (Å²) >= 11 is 1.83. The maximum atomic E-state index is 5.43. The van der Waals surface area contributed by atoms with Crippen LogP contribution in [0.4, 0.5) is 0 Å². The Morgan fingerprint density at radius 1 is 0.393 bits per heavy atom. The van der Waals surface area contributed by atoms with Crippen LogP contribution in [0.2, 0.25) is 0 Å². The first-order chi connectivity index (χ1) is 27.7. The number of benzene rings is 7. The number of rotatable bonds is 6. The summed E-state index contributed by atoms with van der Waals surface area (Å²) < 4.78 is 4.70. The maximum Gasteiger partial charge on any atom is 0.160 e. The fourth-order valence-electron chi connectivity index (χ4n) is 7.95. The largest absolute Gasteiger partial charge is 0.231 e. The molecule has 5 heteroatoms. The summed E-state index contributed by atoms with van der Waals surface area (Å²) in [5.41, 5.74) is 12.2. The van der Waals surface area contributed by atoms with Crippen molar-refractivity contribution in [3.05, 3.63) is 194 Å². The van der Waals surface area contributed by atoms with Crippen molar-refractivity contribution in [3.8, 4) is 67.5 Å². The maximum absolute atomic E-state index is 5.43. The van der Waals surface area contributed by atoms with Crippen molar-refractivity contribution in [2.24, 2.45) is 0 Å². The minimum Gasteiger partial charge on any atom is -0.231 e. The molecule has 11 rings (SSSR count). The number of nitrogens with zero attached hydrogens (tertiary/aromatic N) is 4. The summed E-state index contributed by atoms with van der Waals surface area (Å²) in [6.07, 6.45) is 0. The predicted molar refractivity (Wildman–Crippen MR) is 234 cm³/mol. The first-order valence-electron chi connectivity index (χ1n) is 18.8. The molecule has 0 saturated heterocycles. The molecule has 0 aliphatic rings. The van der Waals surface area contributed by atoms with Gasteiger partial charge in [-0.2, -0.15) is 5.10 Å². The Labute approximate surface area is 327 Å². The fourth-order valence-corrected chi connectivity index (χ4v) is 9.04. The Morgan fingerprint density at radius 3 is 1.75 bits per heavy atom. The highest BCUT2D eigenvalue weighted by molar-refractivity contribution is 7.25. The lowest BCUT2D eigenvalue weighted by molar-refractivity contribution is 0.979. The third-order valence-electron chi connectivity index (χ3n) is 10.6. The van der Waals surface area contributed by atoms with Gasteiger partial charge in [0, 0.05) is 58.9 Å². The minimum absolute atomic E-state index is 0.693. The van der Waals surface area contributed by atoms with Gasteiger partial charge in [0.2, 0.25) is 0 Å². The molecule has 56 heavy (non-hydrogen) atoms. The predicted octanol–water partition coefficient (Wildman–Crippen LogP) is 13.6. The van der Waals surface area contributed by atoms with Gasteiger partial charge in [0.05, 0.1) is 22.6 Å². The number of thiophene rings is 1. The Balaban J connectivity index is 1.12. The molecular weight excluding hydrogens is 701 g/mol. The van der Waals surface area contributed by atoms with Gasteiger partial charge in [-0.05, 0) is 47.3 Å². The van der Waals surface area contributed by atoms with Crippen LogP contribution in [-0.4, -0.2) is 19.6 Å². The topological polar surface area (TPSA) is 43.1 Å². The van der Waals surface area contributed by atoms with E-state index in [0.717, 1.165) is 78.0 Å². The Hall–Kier alpha value is -7.21. The molecule has 4 nitrogen and oxygen atoms in total. The van der Waals surface area contributed by atoms with Gasteiger partial charge in [-0.3, -0.25) is 0 Å². The molecule has 0 aliphatic heterocycles. The number of hydrogen-bond donors (Lipinski definition) is 0. The first-order valence-corrected chi connectivity index (χ1v) is 19.6. The van der Waals surface area contributed by atoms with Gasteiger partial charge in [0.25, 0.3) is 0 Å². The van der Waals surface area contributed by atoms with E-state index in [1.807, 2.05) is 29.5 Å². The minimum atomic E-state index is 0.693. The molecule has 262 valence electrons. The second-order valence-corrected chi connectivity index (χ2v) is 15.1. The molecule has 4 aromatic heterocycles. The summed E-state index contributed by atoms with van der Waals surface area (Å²) in [5.74, 6) is 0.693. The highest BCUT2D eigenvalue weighted by Gasteiger charge is 2.22. The van der Waals surface area contributed by atoms with Crippen molar-refractivity contribution in [2.45, 2.75) is 0 Å². The van der Waals surface area contributed by atoms with E-state index in [-0.39, 0.29) is 0 Å². The molecule has 0 fully saturated rings. The van der Waals surface area contributed by atoms with Crippen LogP contribution in [0.15, 0.2) is 194 Å². The fraction of sp³-hybridized carbons (Fsp3) is 0. The molecule has 0 unspecified atom stereocenters. The van der Waals surface area contributed by atoms with Crippen LogP contribution in [0.5, 0.6) is 0 Å². The van der Waals surface area contributed by atoms with E-state index in [0.29, 0.717) is 5.82 Å². The normalized spacial score (nSPS) is 11.6. The lowest BCUT2D eigenvalue weighted by atomic mass is 9.96. The number of pyridine rings is 1. The van der Waals surface area contributed by atoms with E-state index in [1.54, 1.807) is 0 Å². The van der Waals surface area contributed by atoms with Crippen molar-refractivity contribution in [3.63, 3.8) is 0 Å². The van der Waals surface area contributed by atoms with E-state index >= 15 is 0 Å². The molecule has 0 saturated carbocycles. The number of hydrogen-bond acceptors (Lipinski definition) is 4. The van der Waals surface area contributed by atoms with Crippen LogP contribution in [0.3, 0.4) is 0 Å². The zero-order valence-electron chi connectivity index (χ0n) is 30.2. The van der Waals surface area contributed by atoms with Crippen LogP contribution < -0.4 is 0 Å². The average molecular weight is 733 g/mol. The summed E-state index contributed by atoms with van der Waals surface area (Å²) in [7, 11) is 0. The summed E-state index contributed by atoms with van der Waals surface area (Å²) in [5, 5.41) is 10.3. The standard InChI is InChI=1S/C51H32N4S/c1-4-15-33(16-5-1)48-49(34-17-6-2-7-18-34)54-55-45(31-36-21-10-11-24-40(36)50(48)55)39-23-14-22-37(29-39)43-32-44(53-51(52-43)35-19-8-3-9-20-35)38-27-28-47-42(30-38)41-25-12-13-26-46(41)56-47/h1-32H. The van der Waals surface area contributed by atoms with Crippen molar-refractivity contribution in [2.75, 3.05) is 0 Å². The first kappa shape index (κ1) is 32.2. The molecule has 4 heterocycles. The van der Waals surface area contributed by atoms with Gasteiger partial charge in [-0.25, -0.2) is 14.5 Å². The molecule has 0 atom stereocenters. The van der Waals surface area contributed by atoms with E-state index in [1.165, 1.54) is 20.2 Å². The molecular formula is C51H32N4S. The summed E-state index contributed by atoms with van der Waals surface area (Å²) in [4.78, 5) is 10.4. The van der Waals surface area contributed by atoms with Crippen molar-refractivity contribution < 1.29 is 0 Å². The Kier molecular flexibility index (Phi) is 7.64. The van der Waals surface area contributed by atoms with E-state index in [9.17, 15) is 0 Å². The SMILES string of the molecule is c1ccc(-c2nc(-c3cccc(-c4cc5ccccc5c5c(-c6ccccc6)c(-c6ccccc6)nn45)c3)cc(-c3ccc4sc5ccccc5c4c3)n2)cc1. The van der Waals surface area contributed by atoms with Crippen LogP contribution in [0.25, 0.3) is 104 Å². The third kappa shape index (κ3) is 5.48. The molecule has 0 bridgehead atoms. The highest BCUT2D eigenvalue weighted by atomic mass is 32.1. The second kappa shape index (κ2) is 13.3. The molecule has 0 radical (unpaired) electrons. The monoisotopic (exact) mass is 732 g/mol. The Morgan fingerprint density at radius 2 is 0.982 bits per heavy atom. The molecule has 0 aliphatic carbocycles. The zero-order valence-corrected chi connectivity index (χ0v) is 31.0. The average Bonchev–Trinajstić information content (AvgIpc) is 3.86. The summed E-state index contributed by atoms with van der Waals surface area (Å²) in [6.45, 7) is 0. The van der Waals surface area contributed by atoms with E-state index < -0.39 is 0 Å². The molecule has 0 N–H and O–H groups in total. The van der Waals surface area contributed by atoms with Crippen molar-refractivity contribution in [1.82, 2.24) is 19.6 Å². The van der Waals surface area contributed by atoms with Crippen LogP contribution in [0.1, 0.15) is 0 Å². The lowest BCUT2D eigenvalue weighted by Gasteiger charge is -2.13. The lowest BCUT2D eigenvalue weighted by Crippen LogP contribution is -1.98. The second-order valence-electron chi connectivity index (χ2n) is 14.1. The van der Waals surface area contributed by atoms with Gasteiger partial charge in [0.1, 0.15) is 5.69 Å². The van der Waals surface area contributed by atoms with Gasteiger partial charge in [-0.1, -0.05) is 158 Å². The number of fused-ring (bicyclic) bond motifs is 6. The van der Waals surface area contributed by atoms with Gasteiger partial charge in [0.15, 0.2) is 5.82 Å². The quantitative estimate of drug-likeness (QED) is 0.171. The van der Waals surface area contributed by atoms with Gasteiger partial charge in [-0.15, -0.1) is 11.3 Å². The Bertz CT molecular complexity index is 3240. The van der Waals surface area contributed by atoms with Crippen molar-refractivity contribution >= 4 is 47.8 Å². The number of aromatic nitrogens is 4. The smallest absolute Gasteiger partial charge is 0.160 e. The van der Waals surface area contributed by atoms with Gasteiger partial charge >= 0.3 is 0 Å². The molecule has 0 spiro atoms. The van der Waals surface area contributed by atoms with Crippen LogP contribution >= 0.6 is 11.3 Å². The molecule has 0 amide bonds. The third-order valence-corrected chi connectivity index (χ3v) is 11.8. The highest BCUT2D eigenvalue weighted by Crippen LogP contribution is 2.42. The van der Waals surface area contributed by atoms with E-state index in [2.05, 4.69) is 180 Å². The zero-order chi connectivity index (χ0) is 37.0. The van der Waals surface area contributed by atoms with Gasteiger partial charge < -0.3 is 0 Å². The van der Waals surface area contributed by atoms with E-state index in [4.69, 9.17) is 15.1 Å². The van der Waals surface area contributed by atoms with Crippen LogP contribution in [-0.2, 0) is 0 Å². The van der Waals surface area contributed by atoms with Crippen molar-refractivity contribution in [1.29, 1.82) is 0 Å². The van der Waals surface area contributed by atoms with Crippen LogP contribution in [0, 0.1) is 0 Å². The summed E-state index contributed by atoms with van der Waals surface area (Å²) in [6, 6.07) is 68.4.